The minimum atomic E-state index is -0.682. The van der Waals surface area contributed by atoms with Crippen LogP contribution >= 0.6 is 0 Å². The zero-order chi connectivity index (χ0) is 44.1. The molecule has 7 aromatic rings. The van der Waals surface area contributed by atoms with Gasteiger partial charge in [-0.05, 0) is 64.1 Å². The Balaban J connectivity index is 1.35. The summed E-state index contributed by atoms with van der Waals surface area (Å²) in [7, 11) is 1.62. The second kappa shape index (κ2) is 18.6. The lowest BCUT2D eigenvalue weighted by molar-refractivity contribution is -0.108. The summed E-state index contributed by atoms with van der Waals surface area (Å²) in [5.41, 5.74) is 16.9. The Bertz CT molecular complexity index is 2860. The number of aldehydes is 1. The molecule has 18 nitrogen and oxygen atoms in total. The first-order chi connectivity index (χ1) is 30.0. The van der Waals surface area contributed by atoms with E-state index in [9.17, 15) is 19.2 Å². The van der Waals surface area contributed by atoms with Crippen molar-refractivity contribution in [3.05, 3.63) is 88.8 Å². The van der Waals surface area contributed by atoms with Crippen LogP contribution in [0.4, 0.5) is 0 Å². The van der Waals surface area contributed by atoms with Crippen LogP contribution in [0.1, 0.15) is 75.1 Å². The molecular weight excluding hydrogens is 795 g/mol. The molecule has 0 unspecified atom stereocenters. The van der Waals surface area contributed by atoms with Crippen LogP contribution in [-0.4, -0.2) is 94.5 Å². The number of rotatable bonds is 21. The first kappa shape index (κ1) is 42.9. The van der Waals surface area contributed by atoms with Gasteiger partial charge in [0.1, 0.15) is 46.2 Å². The number of nitrogens with zero attached hydrogens (tertiary/aromatic N) is 9. The number of ether oxygens (including phenoxy) is 3. The molecule has 0 saturated carbocycles. The van der Waals surface area contributed by atoms with Gasteiger partial charge in [0, 0.05) is 80.8 Å². The molecule has 4 N–H and O–H groups in total. The third-order valence-electron chi connectivity index (χ3n) is 10.3. The highest BCUT2D eigenvalue weighted by Gasteiger charge is 2.24. The fraction of sp³-hybridized carbons (Fsp3) is 0.341. The molecule has 0 saturated heterocycles. The standard InChI is InChI=1S/C44H49N11O7/c1-6-54-33(18-26(3)50-54)35(57)24-38-48-32-21-29(42(46)59)23-37(61-16-10-14-56)40(32)52(38)12-8-9-13-53-39-30(20-28(41(45)58)22-36(39)62-17-11-15-60-5)31-25-47-43(49-44(31)53)34-19-27(4)51-55(34)7-2/h8-9,14,18-23,25H,6-7,10-13,15-17,24H2,1-5H3,(H2,45,58)(H2,46,59)/b9-8+. The maximum atomic E-state index is 13.9. The number of carbonyl (C=O) groups excluding carboxylic acids is 4. The molecule has 5 aromatic heterocycles. The first-order valence-electron chi connectivity index (χ1n) is 20.4. The molecule has 0 atom stereocenters. The predicted octanol–water partition coefficient (Wildman–Crippen LogP) is 4.91. The lowest BCUT2D eigenvalue weighted by Crippen LogP contribution is -2.15. The van der Waals surface area contributed by atoms with Crippen LogP contribution < -0.4 is 20.9 Å². The molecule has 0 fully saturated rings. The monoisotopic (exact) mass is 843 g/mol. The number of hydrogen-bond donors (Lipinski definition) is 2. The number of hydrogen-bond acceptors (Lipinski definition) is 12. The van der Waals surface area contributed by atoms with E-state index < -0.39 is 11.8 Å². The van der Waals surface area contributed by atoms with Gasteiger partial charge >= 0.3 is 0 Å². The van der Waals surface area contributed by atoms with Gasteiger partial charge in [-0.15, -0.1) is 0 Å². The molecule has 322 valence electrons. The number of nitrogens with two attached hydrogens (primary N) is 2. The highest BCUT2D eigenvalue weighted by atomic mass is 16.5. The van der Waals surface area contributed by atoms with E-state index in [0.29, 0.717) is 100 Å². The quantitative estimate of drug-likeness (QED) is 0.0425. The summed E-state index contributed by atoms with van der Waals surface area (Å²) in [4.78, 5) is 64.8. The average molecular weight is 844 g/mol. The van der Waals surface area contributed by atoms with Crippen molar-refractivity contribution in [3.8, 4) is 23.0 Å². The molecule has 2 amide bonds. The number of aryl methyl sites for hydroxylation is 4. The summed E-state index contributed by atoms with van der Waals surface area (Å²) in [6.45, 7) is 10.1. The van der Waals surface area contributed by atoms with Crippen molar-refractivity contribution in [3.63, 3.8) is 0 Å². The van der Waals surface area contributed by atoms with E-state index in [1.165, 1.54) is 6.07 Å². The van der Waals surface area contributed by atoms with E-state index in [1.54, 1.807) is 42.3 Å². The highest BCUT2D eigenvalue weighted by molar-refractivity contribution is 6.11. The van der Waals surface area contributed by atoms with Gasteiger partial charge in [0.05, 0.1) is 42.1 Å². The van der Waals surface area contributed by atoms with E-state index in [0.717, 1.165) is 17.7 Å². The van der Waals surface area contributed by atoms with E-state index in [4.69, 9.17) is 40.6 Å². The van der Waals surface area contributed by atoms with Crippen molar-refractivity contribution in [1.82, 2.24) is 43.6 Å². The van der Waals surface area contributed by atoms with Crippen molar-refractivity contribution in [2.24, 2.45) is 11.5 Å². The third kappa shape index (κ3) is 8.67. The van der Waals surface area contributed by atoms with E-state index in [1.807, 2.05) is 59.7 Å². The molecule has 0 aliphatic heterocycles. The Morgan fingerprint density at radius 2 is 1.42 bits per heavy atom. The molecule has 18 heteroatoms. The number of methoxy groups -OCH3 is 1. The van der Waals surface area contributed by atoms with Crippen molar-refractivity contribution < 1.29 is 33.4 Å². The van der Waals surface area contributed by atoms with Crippen molar-refractivity contribution >= 4 is 56.9 Å². The molecule has 62 heavy (non-hydrogen) atoms. The largest absolute Gasteiger partial charge is 0.491 e. The number of aromatic nitrogens is 9. The molecule has 5 heterocycles. The van der Waals surface area contributed by atoms with Crippen LogP contribution in [0.2, 0.25) is 0 Å². The number of ketones is 1. The highest BCUT2D eigenvalue weighted by Crippen LogP contribution is 2.37. The molecule has 0 bridgehead atoms. The van der Waals surface area contributed by atoms with E-state index in [2.05, 4.69) is 10.2 Å². The van der Waals surface area contributed by atoms with Gasteiger partial charge in [0.15, 0.2) is 11.6 Å². The summed E-state index contributed by atoms with van der Waals surface area (Å²) in [6.07, 6.45) is 7.00. The van der Waals surface area contributed by atoms with Crippen molar-refractivity contribution in [1.29, 1.82) is 0 Å². The Kier molecular flexibility index (Phi) is 12.9. The number of amides is 2. The summed E-state index contributed by atoms with van der Waals surface area (Å²) in [5, 5.41) is 10.4. The first-order valence-corrected chi connectivity index (χ1v) is 20.4. The van der Waals surface area contributed by atoms with Crippen LogP contribution in [-0.2, 0) is 42.1 Å². The third-order valence-corrected chi connectivity index (χ3v) is 10.3. The molecule has 2 aromatic carbocycles. The van der Waals surface area contributed by atoms with Gasteiger partial charge < -0.3 is 39.6 Å². The Hall–Kier alpha value is -7.21. The number of primary amides is 2. The van der Waals surface area contributed by atoms with Gasteiger partial charge in [-0.2, -0.15) is 10.2 Å². The minimum absolute atomic E-state index is 0.0502. The molecular formula is C44H49N11O7. The lowest BCUT2D eigenvalue weighted by Gasteiger charge is -2.13. The van der Waals surface area contributed by atoms with Gasteiger partial charge in [-0.1, -0.05) is 12.2 Å². The number of Topliss-reactive ketones (excluding diaryl/α,β-unsaturated/α-hetero) is 1. The molecule has 0 aliphatic rings. The van der Waals surface area contributed by atoms with Crippen LogP contribution in [0.15, 0.2) is 54.7 Å². The average Bonchev–Trinajstić information content (AvgIpc) is 4.01. The number of benzene rings is 2. The summed E-state index contributed by atoms with van der Waals surface area (Å²) < 4.78 is 25.0. The second-order valence-corrected chi connectivity index (χ2v) is 14.7. The molecule has 0 aliphatic carbocycles. The Morgan fingerprint density at radius 3 is 2.11 bits per heavy atom. The van der Waals surface area contributed by atoms with E-state index >= 15 is 0 Å². The van der Waals surface area contributed by atoms with Gasteiger partial charge in [0.25, 0.3) is 0 Å². The van der Waals surface area contributed by atoms with Gasteiger partial charge in [0.2, 0.25) is 11.8 Å². The fourth-order valence-corrected chi connectivity index (χ4v) is 7.56. The van der Waals surface area contributed by atoms with Crippen LogP contribution in [0.3, 0.4) is 0 Å². The molecule has 7 rings (SSSR count). The number of fused-ring (bicyclic) bond motifs is 4. The minimum Gasteiger partial charge on any atom is -0.491 e. The number of allylic oxidation sites excluding steroid dienone is 2. The maximum absolute atomic E-state index is 13.9. The predicted molar refractivity (Wildman–Crippen MR) is 231 cm³/mol. The topological polar surface area (TPSA) is 232 Å². The smallest absolute Gasteiger partial charge is 0.248 e. The van der Waals surface area contributed by atoms with Crippen LogP contribution in [0.25, 0.3) is 44.5 Å². The Morgan fingerprint density at radius 1 is 0.758 bits per heavy atom. The zero-order valence-electron chi connectivity index (χ0n) is 35.4. The summed E-state index contributed by atoms with van der Waals surface area (Å²) in [6, 6.07) is 10.1. The molecule has 0 spiro atoms. The SMILES string of the molecule is CCn1nc(C)cc1C(=O)Cc1nc2cc(C(N)=O)cc(OCCC=O)c2n1C/C=C/Cn1c2nc(-c3cc(C)nn3CC)ncc2c2cc(C(N)=O)cc(OCCCOC)c21. The Labute approximate surface area is 356 Å². The number of imidazole rings is 1. The van der Waals surface area contributed by atoms with Gasteiger partial charge in [-0.3, -0.25) is 23.7 Å². The summed E-state index contributed by atoms with van der Waals surface area (Å²) in [5.74, 6) is 0.144. The van der Waals surface area contributed by atoms with Gasteiger partial charge in [-0.25, -0.2) is 15.0 Å². The lowest BCUT2D eigenvalue weighted by atomic mass is 10.1. The molecule has 0 radical (unpaired) electrons. The van der Waals surface area contributed by atoms with Crippen molar-refractivity contribution in [2.75, 3.05) is 26.9 Å². The fourth-order valence-electron chi connectivity index (χ4n) is 7.56. The second-order valence-electron chi connectivity index (χ2n) is 14.7. The zero-order valence-corrected chi connectivity index (χ0v) is 35.4. The van der Waals surface area contributed by atoms with Crippen LogP contribution in [0, 0.1) is 13.8 Å². The number of carbonyl (C=O) groups is 4. The van der Waals surface area contributed by atoms with Crippen molar-refractivity contribution in [2.45, 2.75) is 73.1 Å². The normalized spacial score (nSPS) is 11.7. The maximum Gasteiger partial charge on any atom is 0.248 e. The van der Waals surface area contributed by atoms with E-state index in [-0.39, 0.29) is 49.4 Å². The summed E-state index contributed by atoms with van der Waals surface area (Å²) >= 11 is 0. The van der Waals surface area contributed by atoms with Crippen LogP contribution in [0.5, 0.6) is 11.5 Å².